The maximum absolute atomic E-state index is 12.0. The number of hydrogen-bond donors (Lipinski definition) is 1. The quantitative estimate of drug-likeness (QED) is 0.795. The molecule has 2 aromatic rings. The van der Waals surface area contributed by atoms with Crippen molar-refractivity contribution < 1.29 is 9.53 Å². The van der Waals surface area contributed by atoms with Gasteiger partial charge in [0.15, 0.2) is 0 Å². The minimum absolute atomic E-state index is 0.208. The number of benzene rings is 1. The van der Waals surface area contributed by atoms with Crippen LogP contribution in [0, 0.1) is 0 Å². The summed E-state index contributed by atoms with van der Waals surface area (Å²) in [5, 5.41) is 6.99. The molecule has 0 fully saturated rings. The molecule has 1 aromatic heterocycles. The molecule has 1 heterocycles. The van der Waals surface area contributed by atoms with Gasteiger partial charge in [0.05, 0.1) is 13.3 Å². The summed E-state index contributed by atoms with van der Waals surface area (Å²) in [6, 6.07) is 7.41. The van der Waals surface area contributed by atoms with E-state index in [1.807, 2.05) is 18.2 Å². The average Bonchev–Trinajstić information content (AvgIpc) is 2.93. The molecule has 0 spiro atoms. The monoisotopic (exact) mass is 363 g/mol. The molecule has 0 saturated carbocycles. The van der Waals surface area contributed by atoms with Gasteiger partial charge in [0.1, 0.15) is 11.6 Å². The van der Waals surface area contributed by atoms with Crippen LogP contribution in [0.25, 0.3) is 6.08 Å². The molecule has 116 valence electrons. The molecule has 0 atom stereocenters. The van der Waals surface area contributed by atoms with E-state index in [-0.39, 0.29) is 5.91 Å². The number of anilines is 1. The number of aromatic nitrogens is 2. The highest BCUT2D eigenvalue weighted by Gasteiger charge is 2.05. The molecule has 0 aliphatic heterocycles. The van der Waals surface area contributed by atoms with Gasteiger partial charge in [0.2, 0.25) is 5.91 Å². The summed E-state index contributed by atoms with van der Waals surface area (Å²) in [5.41, 5.74) is 0.828. The smallest absolute Gasteiger partial charge is 0.249 e. The lowest BCUT2D eigenvalue weighted by Gasteiger charge is -2.07. The molecule has 0 saturated heterocycles. The molecule has 0 bridgehead atoms. The van der Waals surface area contributed by atoms with Gasteiger partial charge in [0.25, 0.3) is 0 Å². The first-order valence-electron chi connectivity index (χ1n) is 6.98. The number of halogens is 1. The molecule has 0 radical (unpaired) electrons. The lowest BCUT2D eigenvalue weighted by atomic mass is 10.2. The number of ether oxygens (including phenoxy) is 1. The Hall–Kier alpha value is -2.08. The van der Waals surface area contributed by atoms with Crippen LogP contribution in [0.15, 0.2) is 41.0 Å². The van der Waals surface area contributed by atoms with Crippen molar-refractivity contribution in [3.63, 3.8) is 0 Å². The van der Waals surface area contributed by atoms with Crippen molar-refractivity contribution in [1.29, 1.82) is 0 Å². The van der Waals surface area contributed by atoms with Crippen molar-refractivity contribution in [1.82, 2.24) is 9.78 Å². The second kappa shape index (κ2) is 7.79. The zero-order valence-electron chi connectivity index (χ0n) is 12.5. The first-order chi connectivity index (χ1) is 10.6. The van der Waals surface area contributed by atoms with Gasteiger partial charge in [-0.1, -0.05) is 22.9 Å². The van der Waals surface area contributed by atoms with Crippen LogP contribution in [0.2, 0.25) is 0 Å². The first-order valence-corrected chi connectivity index (χ1v) is 7.77. The largest absolute Gasteiger partial charge is 0.496 e. The molecule has 1 N–H and O–H groups in total. The Labute approximate surface area is 138 Å². The van der Waals surface area contributed by atoms with Crippen LogP contribution in [0.4, 0.5) is 5.82 Å². The maximum atomic E-state index is 12.0. The molecular weight excluding hydrogens is 346 g/mol. The fourth-order valence-electron chi connectivity index (χ4n) is 2.00. The number of hydrogen-bond acceptors (Lipinski definition) is 3. The van der Waals surface area contributed by atoms with Crippen LogP contribution >= 0.6 is 15.9 Å². The molecule has 1 aromatic carbocycles. The average molecular weight is 364 g/mol. The summed E-state index contributed by atoms with van der Waals surface area (Å²) in [4.78, 5) is 12.0. The SMILES string of the molecule is CCCn1nccc1NC(=O)/C=C/c1cc(Br)ccc1OC. The molecule has 6 heteroatoms. The molecule has 0 aliphatic rings. The van der Waals surface area contributed by atoms with Gasteiger partial charge in [-0.3, -0.25) is 4.79 Å². The molecule has 1 amide bonds. The Morgan fingerprint density at radius 1 is 1.45 bits per heavy atom. The Bertz CT molecular complexity index is 680. The zero-order valence-corrected chi connectivity index (χ0v) is 14.1. The Morgan fingerprint density at radius 2 is 2.27 bits per heavy atom. The normalized spacial score (nSPS) is 10.9. The molecule has 2 rings (SSSR count). The topological polar surface area (TPSA) is 56.2 Å². The van der Waals surface area contributed by atoms with Gasteiger partial charge < -0.3 is 10.1 Å². The predicted octanol–water partition coefficient (Wildman–Crippen LogP) is 3.72. The highest BCUT2D eigenvalue weighted by molar-refractivity contribution is 9.10. The molecule has 5 nitrogen and oxygen atoms in total. The third kappa shape index (κ3) is 4.21. The first kappa shape index (κ1) is 16.3. The number of methoxy groups -OCH3 is 1. The lowest BCUT2D eigenvalue weighted by Crippen LogP contribution is -2.13. The summed E-state index contributed by atoms with van der Waals surface area (Å²) in [6.07, 6.45) is 5.83. The van der Waals surface area contributed by atoms with Crippen LogP contribution in [0.5, 0.6) is 5.75 Å². The van der Waals surface area contributed by atoms with E-state index >= 15 is 0 Å². The summed E-state index contributed by atoms with van der Waals surface area (Å²) >= 11 is 3.41. The number of rotatable bonds is 6. The van der Waals surface area contributed by atoms with Crippen LogP contribution in [-0.4, -0.2) is 22.8 Å². The van der Waals surface area contributed by atoms with E-state index in [4.69, 9.17) is 4.74 Å². The van der Waals surface area contributed by atoms with Crippen molar-refractivity contribution in [3.8, 4) is 5.75 Å². The van der Waals surface area contributed by atoms with Gasteiger partial charge in [0, 0.05) is 28.7 Å². The Kier molecular flexibility index (Phi) is 5.77. The van der Waals surface area contributed by atoms with E-state index in [0.717, 1.165) is 23.0 Å². The minimum atomic E-state index is -0.208. The highest BCUT2D eigenvalue weighted by atomic mass is 79.9. The molecule has 0 aliphatic carbocycles. The molecular formula is C16H18BrN3O2. The maximum Gasteiger partial charge on any atom is 0.249 e. The number of nitrogens with zero attached hydrogens (tertiary/aromatic N) is 2. The summed E-state index contributed by atoms with van der Waals surface area (Å²) in [7, 11) is 1.60. The number of carbonyl (C=O) groups excluding carboxylic acids is 1. The third-order valence-electron chi connectivity index (χ3n) is 3.01. The van der Waals surface area contributed by atoms with Crippen molar-refractivity contribution in [3.05, 3.63) is 46.6 Å². The van der Waals surface area contributed by atoms with E-state index < -0.39 is 0 Å². The van der Waals surface area contributed by atoms with Crippen molar-refractivity contribution in [2.24, 2.45) is 0 Å². The third-order valence-corrected chi connectivity index (χ3v) is 3.50. The highest BCUT2D eigenvalue weighted by Crippen LogP contribution is 2.24. The second-order valence-electron chi connectivity index (χ2n) is 4.65. The van der Waals surface area contributed by atoms with Crippen molar-refractivity contribution in [2.75, 3.05) is 12.4 Å². The van der Waals surface area contributed by atoms with E-state index in [0.29, 0.717) is 11.6 Å². The van der Waals surface area contributed by atoms with E-state index in [9.17, 15) is 4.79 Å². The van der Waals surface area contributed by atoms with Gasteiger partial charge in [-0.05, 0) is 30.7 Å². The molecule has 0 unspecified atom stereocenters. The van der Waals surface area contributed by atoms with Crippen molar-refractivity contribution in [2.45, 2.75) is 19.9 Å². The van der Waals surface area contributed by atoms with E-state index in [1.165, 1.54) is 6.08 Å². The lowest BCUT2D eigenvalue weighted by molar-refractivity contribution is -0.111. The summed E-state index contributed by atoms with van der Waals surface area (Å²) in [5.74, 6) is 1.20. The van der Waals surface area contributed by atoms with Gasteiger partial charge in [-0.2, -0.15) is 5.10 Å². The standard InChI is InChI=1S/C16H18BrN3O2/c1-3-10-20-15(8-9-18-20)19-16(21)7-4-12-11-13(17)5-6-14(12)22-2/h4-9,11H,3,10H2,1-2H3,(H,19,21)/b7-4+. The predicted molar refractivity (Wildman–Crippen MR) is 90.9 cm³/mol. The Balaban J connectivity index is 2.08. The van der Waals surface area contributed by atoms with Crippen LogP contribution in [0.1, 0.15) is 18.9 Å². The van der Waals surface area contributed by atoms with Crippen molar-refractivity contribution >= 4 is 33.7 Å². The summed E-state index contributed by atoms with van der Waals surface area (Å²) in [6.45, 7) is 2.83. The van der Waals surface area contributed by atoms with E-state index in [2.05, 4.69) is 33.3 Å². The van der Waals surface area contributed by atoms with Gasteiger partial charge >= 0.3 is 0 Å². The Morgan fingerprint density at radius 3 is 3.00 bits per heavy atom. The number of nitrogens with one attached hydrogen (secondary N) is 1. The summed E-state index contributed by atoms with van der Waals surface area (Å²) < 4.78 is 7.97. The fraction of sp³-hybridized carbons (Fsp3) is 0.250. The van der Waals surface area contributed by atoms with Crippen LogP contribution in [-0.2, 0) is 11.3 Å². The number of aryl methyl sites for hydroxylation is 1. The van der Waals surface area contributed by atoms with E-state index in [1.54, 1.807) is 30.1 Å². The van der Waals surface area contributed by atoms with Gasteiger partial charge in [-0.15, -0.1) is 0 Å². The second-order valence-corrected chi connectivity index (χ2v) is 5.56. The zero-order chi connectivity index (χ0) is 15.9. The number of amides is 1. The fourth-order valence-corrected chi connectivity index (χ4v) is 2.38. The molecule has 22 heavy (non-hydrogen) atoms. The number of carbonyl (C=O) groups is 1. The van der Waals surface area contributed by atoms with Crippen LogP contribution < -0.4 is 10.1 Å². The minimum Gasteiger partial charge on any atom is -0.496 e. The van der Waals surface area contributed by atoms with Gasteiger partial charge in [-0.25, -0.2) is 4.68 Å². The van der Waals surface area contributed by atoms with Crippen LogP contribution in [0.3, 0.4) is 0 Å².